The van der Waals surface area contributed by atoms with Crippen LogP contribution in [0.2, 0.25) is 0 Å². The normalized spacial score (nSPS) is 20.2. The van der Waals surface area contributed by atoms with Crippen LogP contribution >= 0.6 is 0 Å². The predicted molar refractivity (Wildman–Crippen MR) is 95.1 cm³/mol. The number of rotatable bonds is 3. The minimum atomic E-state index is -0.150. The van der Waals surface area contributed by atoms with Gasteiger partial charge in [0.25, 0.3) is 0 Å². The van der Waals surface area contributed by atoms with Crippen LogP contribution in [0.4, 0.5) is 10.5 Å². The first-order valence-electron chi connectivity index (χ1n) is 8.84. The molecule has 6 nitrogen and oxygen atoms in total. The summed E-state index contributed by atoms with van der Waals surface area (Å²) in [5.41, 5.74) is 7.97. The van der Waals surface area contributed by atoms with E-state index in [1.165, 1.54) is 5.69 Å². The number of benzene rings is 1. The molecule has 0 radical (unpaired) electrons. The molecule has 2 N–H and O–H groups in total. The van der Waals surface area contributed by atoms with Gasteiger partial charge in [0.2, 0.25) is 0 Å². The summed E-state index contributed by atoms with van der Waals surface area (Å²) in [4.78, 5) is 18.8. The first kappa shape index (κ1) is 17.0. The van der Waals surface area contributed by atoms with E-state index in [4.69, 9.17) is 10.5 Å². The Kier molecular flexibility index (Phi) is 5.58. The van der Waals surface area contributed by atoms with Gasteiger partial charge in [-0.15, -0.1) is 0 Å². The molecule has 2 saturated heterocycles. The van der Waals surface area contributed by atoms with Crippen molar-refractivity contribution in [3.05, 3.63) is 29.8 Å². The Labute approximate surface area is 144 Å². The number of anilines is 1. The Bertz CT molecular complexity index is 532. The van der Waals surface area contributed by atoms with Crippen molar-refractivity contribution in [1.29, 1.82) is 0 Å². The lowest BCUT2D eigenvalue weighted by Gasteiger charge is -2.37. The number of amides is 1. The van der Waals surface area contributed by atoms with E-state index in [1.54, 1.807) is 0 Å². The van der Waals surface area contributed by atoms with E-state index in [1.807, 2.05) is 4.90 Å². The maximum Gasteiger partial charge on any atom is 0.410 e. The second-order valence-corrected chi connectivity index (χ2v) is 6.73. The van der Waals surface area contributed by atoms with Gasteiger partial charge >= 0.3 is 6.09 Å². The molecule has 1 amide bonds. The quantitative estimate of drug-likeness (QED) is 0.909. The minimum absolute atomic E-state index is 0.0792. The van der Waals surface area contributed by atoms with Crippen LogP contribution in [-0.2, 0) is 11.3 Å². The SMILES string of the molecule is CN1CCC(OC(=O)N2CCN(c3ccc(CN)cc3)CC2)CC1. The third kappa shape index (κ3) is 4.19. The first-order valence-corrected chi connectivity index (χ1v) is 8.84. The van der Waals surface area contributed by atoms with Crippen molar-refractivity contribution >= 4 is 11.8 Å². The van der Waals surface area contributed by atoms with Gasteiger partial charge < -0.3 is 25.2 Å². The third-order valence-electron chi connectivity index (χ3n) is 5.01. The summed E-state index contributed by atoms with van der Waals surface area (Å²) < 4.78 is 5.68. The van der Waals surface area contributed by atoms with Gasteiger partial charge in [-0.2, -0.15) is 0 Å². The number of piperidine rings is 1. The van der Waals surface area contributed by atoms with Crippen molar-refractivity contribution in [2.45, 2.75) is 25.5 Å². The average molecular weight is 332 g/mol. The zero-order valence-corrected chi connectivity index (χ0v) is 14.5. The summed E-state index contributed by atoms with van der Waals surface area (Å²) in [7, 11) is 2.11. The van der Waals surface area contributed by atoms with Gasteiger partial charge in [-0.25, -0.2) is 4.79 Å². The van der Waals surface area contributed by atoms with Crippen molar-refractivity contribution in [3.63, 3.8) is 0 Å². The van der Waals surface area contributed by atoms with Crippen LogP contribution in [0.1, 0.15) is 18.4 Å². The van der Waals surface area contributed by atoms with Gasteiger partial charge in [-0.05, 0) is 37.6 Å². The van der Waals surface area contributed by atoms with Gasteiger partial charge in [0, 0.05) is 51.5 Å². The number of carbonyl (C=O) groups is 1. The molecule has 6 heteroatoms. The van der Waals surface area contributed by atoms with Crippen molar-refractivity contribution < 1.29 is 9.53 Å². The van der Waals surface area contributed by atoms with Crippen LogP contribution in [0.15, 0.2) is 24.3 Å². The number of hydrogen-bond donors (Lipinski definition) is 1. The van der Waals surface area contributed by atoms with Crippen LogP contribution in [0.3, 0.4) is 0 Å². The van der Waals surface area contributed by atoms with Crippen molar-refractivity contribution in [3.8, 4) is 0 Å². The van der Waals surface area contributed by atoms with Crippen LogP contribution in [0.25, 0.3) is 0 Å². The summed E-state index contributed by atoms with van der Waals surface area (Å²) in [6.45, 7) is 5.68. The molecule has 1 aromatic carbocycles. The van der Waals surface area contributed by atoms with E-state index in [9.17, 15) is 4.79 Å². The number of nitrogens with zero attached hydrogens (tertiary/aromatic N) is 3. The van der Waals surface area contributed by atoms with E-state index in [-0.39, 0.29) is 12.2 Å². The molecule has 132 valence electrons. The number of nitrogens with two attached hydrogens (primary N) is 1. The number of carbonyl (C=O) groups excluding carboxylic acids is 1. The van der Waals surface area contributed by atoms with Crippen molar-refractivity contribution in [1.82, 2.24) is 9.80 Å². The van der Waals surface area contributed by atoms with Crippen LogP contribution in [0, 0.1) is 0 Å². The minimum Gasteiger partial charge on any atom is -0.446 e. The lowest BCUT2D eigenvalue weighted by atomic mass is 10.1. The standard InChI is InChI=1S/C18H28N4O2/c1-20-8-6-17(7-9-20)24-18(23)22-12-10-21(11-13-22)16-4-2-15(14-19)3-5-16/h2-5,17H,6-14,19H2,1H3. The highest BCUT2D eigenvalue weighted by atomic mass is 16.6. The molecule has 2 aliphatic rings. The molecule has 24 heavy (non-hydrogen) atoms. The molecular formula is C18H28N4O2. The monoisotopic (exact) mass is 332 g/mol. The Morgan fingerprint density at radius 2 is 1.71 bits per heavy atom. The molecule has 0 aliphatic carbocycles. The highest BCUT2D eigenvalue weighted by Crippen LogP contribution is 2.19. The molecule has 0 aromatic heterocycles. The zero-order chi connectivity index (χ0) is 16.9. The van der Waals surface area contributed by atoms with Gasteiger partial charge in [-0.3, -0.25) is 0 Å². The number of ether oxygens (including phenoxy) is 1. The maximum atomic E-state index is 12.3. The Balaban J connectivity index is 1.46. The lowest BCUT2D eigenvalue weighted by molar-refractivity contribution is 0.0320. The summed E-state index contributed by atoms with van der Waals surface area (Å²) in [5.74, 6) is 0. The molecular weight excluding hydrogens is 304 g/mol. The Morgan fingerprint density at radius 3 is 2.29 bits per heavy atom. The fourth-order valence-electron chi connectivity index (χ4n) is 3.31. The molecule has 0 bridgehead atoms. The molecule has 2 aliphatic heterocycles. The van der Waals surface area contributed by atoms with Gasteiger partial charge in [0.15, 0.2) is 0 Å². The molecule has 0 atom stereocenters. The summed E-state index contributed by atoms with van der Waals surface area (Å²) in [6, 6.07) is 8.34. The molecule has 0 spiro atoms. The molecule has 2 fully saturated rings. The molecule has 0 saturated carbocycles. The summed E-state index contributed by atoms with van der Waals surface area (Å²) in [6.07, 6.45) is 1.81. The van der Waals surface area contributed by atoms with Gasteiger partial charge in [0.05, 0.1) is 0 Å². The zero-order valence-electron chi connectivity index (χ0n) is 14.5. The number of piperazine rings is 1. The molecule has 2 heterocycles. The second kappa shape index (κ2) is 7.85. The largest absolute Gasteiger partial charge is 0.446 e. The fourth-order valence-corrected chi connectivity index (χ4v) is 3.31. The third-order valence-corrected chi connectivity index (χ3v) is 5.01. The maximum absolute atomic E-state index is 12.3. The van der Waals surface area contributed by atoms with Gasteiger partial charge in [0.1, 0.15) is 6.10 Å². The summed E-state index contributed by atoms with van der Waals surface area (Å²) in [5, 5.41) is 0. The number of likely N-dealkylation sites (tertiary alicyclic amines) is 1. The Morgan fingerprint density at radius 1 is 1.08 bits per heavy atom. The predicted octanol–water partition coefficient (Wildman–Crippen LogP) is 1.50. The van der Waals surface area contributed by atoms with E-state index in [0.29, 0.717) is 19.6 Å². The highest BCUT2D eigenvalue weighted by Gasteiger charge is 2.26. The van der Waals surface area contributed by atoms with E-state index >= 15 is 0 Å². The van der Waals surface area contributed by atoms with Crippen molar-refractivity contribution in [2.24, 2.45) is 5.73 Å². The second-order valence-electron chi connectivity index (χ2n) is 6.73. The Hall–Kier alpha value is -1.79. The molecule has 1 aromatic rings. The van der Waals surface area contributed by atoms with Crippen LogP contribution in [-0.4, -0.2) is 68.3 Å². The average Bonchev–Trinajstić information content (AvgIpc) is 2.64. The van der Waals surface area contributed by atoms with Crippen molar-refractivity contribution in [2.75, 3.05) is 51.2 Å². The topological polar surface area (TPSA) is 62.0 Å². The van der Waals surface area contributed by atoms with E-state index in [0.717, 1.165) is 44.6 Å². The van der Waals surface area contributed by atoms with Crippen LogP contribution in [0.5, 0.6) is 0 Å². The molecule has 3 rings (SSSR count). The van der Waals surface area contributed by atoms with E-state index in [2.05, 4.69) is 41.1 Å². The first-order chi connectivity index (χ1) is 11.7. The molecule has 0 unspecified atom stereocenters. The fraction of sp³-hybridized carbons (Fsp3) is 0.611. The number of hydrogen-bond acceptors (Lipinski definition) is 5. The summed E-state index contributed by atoms with van der Waals surface area (Å²) >= 11 is 0. The van der Waals surface area contributed by atoms with Gasteiger partial charge in [-0.1, -0.05) is 12.1 Å². The lowest BCUT2D eigenvalue weighted by Crippen LogP contribution is -2.50. The highest BCUT2D eigenvalue weighted by molar-refractivity contribution is 5.68. The van der Waals surface area contributed by atoms with E-state index < -0.39 is 0 Å². The smallest absolute Gasteiger partial charge is 0.410 e. The van der Waals surface area contributed by atoms with Crippen LogP contribution < -0.4 is 10.6 Å².